The molecule has 1 amide bonds. The van der Waals surface area contributed by atoms with E-state index < -0.39 is 11.7 Å². The van der Waals surface area contributed by atoms with E-state index in [0.717, 1.165) is 22.5 Å². The van der Waals surface area contributed by atoms with Crippen molar-refractivity contribution in [2.75, 3.05) is 5.32 Å². The van der Waals surface area contributed by atoms with Crippen LogP contribution in [-0.2, 0) is 13.1 Å². The van der Waals surface area contributed by atoms with Gasteiger partial charge in [-0.1, -0.05) is 72.0 Å². The molecule has 8 heteroatoms. The predicted molar refractivity (Wildman–Crippen MR) is 135 cm³/mol. The number of hydrogen-bond donors (Lipinski definition) is 1. The molecule has 1 heterocycles. The van der Waals surface area contributed by atoms with E-state index in [9.17, 15) is 14.0 Å². The highest BCUT2D eigenvalue weighted by atomic mass is 79.9. The molecule has 3 aromatic carbocycles. The number of benzene rings is 3. The van der Waals surface area contributed by atoms with Gasteiger partial charge in [0.2, 0.25) is 0 Å². The van der Waals surface area contributed by atoms with Gasteiger partial charge in [-0.2, -0.15) is 0 Å². The van der Waals surface area contributed by atoms with Crippen LogP contribution in [0.1, 0.15) is 20.8 Å². The van der Waals surface area contributed by atoms with E-state index in [1.165, 1.54) is 30.3 Å². The van der Waals surface area contributed by atoms with Crippen molar-refractivity contribution >= 4 is 39.9 Å². The summed E-state index contributed by atoms with van der Waals surface area (Å²) in [5.41, 5.74) is 2.09. The fourth-order valence-corrected chi connectivity index (χ4v) is 3.97. The monoisotopic (exact) mass is 525 g/mol. The molecule has 0 saturated carbocycles. The molecule has 0 aliphatic heterocycles. The van der Waals surface area contributed by atoms with Crippen LogP contribution in [0.5, 0.6) is 0 Å². The average molecular weight is 526 g/mol. The molecule has 5 nitrogen and oxygen atoms in total. The van der Waals surface area contributed by atoms with Gasteiger partial charge < -0.3 is 5.32 Å². The molecule has 0 aliphatic carbocycles. The Morgan fingerprint density at radius 3 is 2.15 bits per heavy atom. The van der Waals surface area contributed by atoms with E-state index in [1.807, 2.05) is 60.7 Å². The summed E-state index contributed by atoms with van der Waals surface area (Å²) in [7, 11) is 0. The first-order valence-corrected chi connectivity index (χ1v) is 10.8. The summed E-state index contributed by atoms with van der Waals surface area (Å²) in [6, 6.07) is 26.1. The van der Waals surface area contributed by atoms with E-state index in [1.54, 1.807) is 4.57 Å². The van der Waals surface area contributed by atoms with Gasteiger partial charge in [0.15, 0.2) is 4.80 Å². The second-order valence-corrected chi connectivity index (χ2v) is 8.08. The molecule has 0 spiro atoms. The first-order chi connectivity index (χ1) is 15.6. The van der Waals surface area contributed by atoms with Gasteiger partial charge >= 0.3 is 0 Å². The Morgan fingerprint density at radius 2 is 1.52 bits per heavy atom. The normalized spacial score (nSPS) is 11.0. The number of amides is 1. The van der Waals surface area contributed by atoms with Crippen LogP contribution in [0.4, 0.5) is 10.1 Å². The van der Waals surface area contributed by atoms with Crippen molar-refractivity contribution in [3.05, 3.63) is 128 Å². The second kappa shape index (κ2) is 11.5. The van der Waals surface area contributed by atoms with Gasteiger partial charge in [-0.25, -0.2) is 4.39 Å². The van der Waals surface area contributed by atoms with Crippen LogP contribution < -0.4 is 15.7 Å². The number of carbonyl (C=O) groups is 1. The smallest absolute Gasteiger partial charge is 0.266 e. The zero-order chi connectivity index (χ0) is 22.3. The van der Waals surface area contributed by atoms with Crippen molar-refractivity contribution in [2.24, 2.45) is 4.99 Å². The molecule has 4 rings (SSSR count). The van der Waals surface area contributed by atoms with Gasteiger partial charge in [0.05, 0.1) is 13.1 Å². The van der Waals surface area contributed by atoms with Crippen LogP contribution in [0.3, 0.4) is 0 Å². The summed E-state index contributed by atoms with van der Waals surface area (Å²) in [6.07, 6.45) is 0. The largest absolute Gasteiger partial charge is 0.321 e. The molecular weight excluding hydrogens is 505 g/mol. The Balaban J connectivity index is 0.00000306. The standard InChI is InChI=1S/C25H20FN3O2S.BrH/c26-20-11-13-21(14-12-20)28-24(31)22-15-23(30)29(17-19-9-5-2-6-10-19)25(32-22)27-16-18-7-3-1-4-8-18;/h1-15H,16-17H2,(H,28,31);1H. The molecule has 1 N–H and O–H groups in total. The van der Waals surface area contributed by atoms with Crippen LogP contribution in [0.25, 0.3) is 0 Å². The van der Waals surface area contributed by atoms with Gasteiger partial charge in [0.1, 0.15) is 10.7 Å². The van der Waals surface area contributed by atoms with E-state index in [2.05, 4.69) is 10.3 Å². The van der Waals surface area contributed by atoms with Crippen molar-refractivity contribution in [2.45, 2.75) is 13.1 Å². The molecule has 4 aromatic rings. The zero-order valence-electron chi connectivity index (χ0n) is 17.5. The summed E-state index contributed by atoms with van der Waals surface area (Å²) in [5, 5.41) is 2.70. The molecule has 0 fully saturated rings. The van der Waals surface area contributed by atoms with Crippen LogP contribution in [0, 0.1) is 5.82 Å². The molecule has 1 aromatic heterocycles. The van der Waals surface area contributed by atoms with Gasteiger partial charge in [-0.15, -0.1) is 17.0 Å². The van der Waals surface area contributed by atoms with Crippen LogP contribution >= 0.6 is 28.3 Å². The van der Waals surface area contributed by atoms with Crippen molar-refractivity contribution in [3.63, 3.8) is 0 Å². The maximum Gasteiger partial charge on any atom is 0.266 e. The van der Waals surface area contributed by atoms with Crippen LogP contribution in [0.15, 0.2) is 101 Å². The molecule has 0 atom stereocenters. The molecule has 0 unspecified atom stereocenters. The first kappa shape index (κ1) is 24.3. The predicted octanol–water partition coefficient (Wildman–Crippen LogP) is 5.03. The zero-order valence-corrected chi connectivity index (χ0v) is 20.0. The fraction of sp³-hybridized carbons (Fsp3) is 0.0800. The highest BCUT2D eigenvalue weighted by Gasteiger charge is 2.12. The highest BCUT2D eigenvalue weighted by Crippen LogP contribution is 2.11. The third kappa shape index (κ3) is 6.57. The summed E-state index contributed by atoms with van der Waals surface area (Å²) < 4.78 is 14.7. The number of hydrogen-bond acceptors (Lipinski definition) is 4. The van der Waals surface area contributed by atoms with Crippen molar-refractivity contribution in [1.82, 2.24) is 4.57 Å². The number of rotatable bonds is 6. The maximum absolute atomic E-state index is 13.1. The number of halogens is 2. The molecule has 0 saturated heterocycles. The van der Waals surface area contributed by atoms with Crippen LogP contribution in [0.2, 0.25) is 0 Å². The lowest BCUT2D eigenvalue weighted by atomic mass is 10.2. The molecule has 0 bridgehead atoms. The summed E-state index contributed by atoms with van der Waals surface area (Å²) in [5.74, 6) is -0.835. The van der Waals surface area contributed by atoms with Gasteiger partial charge in [0, 0.05) is 11.8 Å². The molecule has 0 radical (unpaired) electrons. The van der Waals surface area contributed by atoms with E-state index in [4.69, 9.17) is 0 Å². The fourth-order valence-electron chi connectivity index (χ4n) is 3.08. The minimum Gasteiger partial charge on any atom is -0.321 e. The number of nitrogens with one attached hydrogen (secondary N) is 1. The Hall–Kier alpha value is -3.36. The van der Waals surface area contributed by atoms with Crippen molar-refractivity contribution < 1.29 is 9.18 Å². The third-order valence-corrected chi connectivity index (χ3v) is 5.76. The summed E-state index contributed by atoms with van der Waals surface area (Å²) >= 11 is 1.14. The average Bonchev–Trinajstić information content (AvgIpc) is 2.82. The maximum atomic E-state index is 13.1. The lowest BCUT2D eigenvalue weighted by Gasteiger charge is -2.09. The lowest BCUT2D eigenvalue weighted by Crippen LogP contribution is -2.33. The van der Waals surface area contributed by atoms with Crippen molar-refractivity contribution in [3.8, 4) is 0 Å². The number of anilines is 1. The third-order valence-electron chi connectivity index (χ3n) is 4.70. The lowest BCUT2D eigenvalue weighted by molar-refractivity contribution is 0.103. The van der Waals surface area contributed by atoms with Gasteiger partial charge in [-0.3, -0.25) is 19.1 Å². The SMILES string of the molecule is Br.O=C(Nc1ccc(F)cc1)c1cc(=O)n(Cc2ccccc2)c(=NCc2ccccc2)s1. The Bertz CT molecular complexity index is 1340. The quantitative estimate of drug-likeness (QED) is 0.383. The Kier molecular flexibility index (Phi) is 8.46. The number of nitrogens with zero attached hydrogens (tertiary/aromatic N) is 2. The molecule has 33 heavy (non-hydrogen) atoms. The minimum absolute atomic E-state index is 0. The minimum atomic E-state index is -0.443. The van der Waals surface area contributed by atoms with E-state index in [-0.39, 0.29) is 27.4 Å². The van der Waals surface area contributed by atoms with Gasteiger partial charge in [-0.05, 0) is 35.4 Å². The Morgan fingerprint density at radius 1 is 0.909 bits per heavy atom. The van der Waals surface area contributed by atoms with Gasteiger partial charge in [0.25, 0.3) is 11.5 Å². The number of aromatic nitrogens is 1. The second-order valence-electron chi connectivity index (χ2n) is 7.07. The van der Waals surface area contributed by atoms with Crippen LogP contribution in [-0.4, -0.2) is 10.5 Å². The van der Waals surface area contributed by atoms with E-state index in [0.29, 0.717) is 23.6 Å². The molecule has 168 valence electrons. The summed E-state index contributed by atoms with van der Waals surface area (Å²) in [4.78, 5) is 31.1. The number of carbonyl (C=O) groups excluding carboxylic acids is 1. The molecular formula is C25H21BrFN3O2S. The first-order valence-electron chi connectivity index (χ1n) is 9.99. The summed E-state index contributed by atoms with van der Waals surface area (Å²) in [6.45, 7) is 0.734. The topological polar surface area (TPSA) is 63.5 Å². The Labute approximate surface area is 204 Å². The molecule has 0 aliphatic rings. The van der Waals surface area contributed by atoms with Crippen molar-refractivity contribution in [1.29, 1.82) is 0 Å². The van der Waals surface area contributed by atoms with E-state index >= 15 is 0 Å². The highest BCUT2D eigenvalue weighted by molar-refractivity contribution is 8.93.